The van der Waals surface area contributed by atoms with E-state index in [9.17, 15) is 116 Å². The van der Waals surface area contributed by atoms with Crippen LogP contribution in [0.1, 0.15) is 0 Å². The number of aliphatic hydroxyl groups is 7. The van der Waals surface area contributed by atoms with Gasteiger partial charge >= 0.3 is 63.9 Å². The van der Waals surface area contributed by atoms with Gasteiger partial charge in [0.1, 0.15) is 85.5 Å². The maximum absolute atomic E-state index is 12.8. The number of aliphatic hydroxyl groups excluding tert-OH is 7. The second-order valence-corrected chi connectivity index (χ2v) is 22.2. The number of carbonyl (C=O) groups is 2. The van der Waals surface area contributed by atoms with E-state index >= 15 is 0 Å². The van der Waals surface area contributed by atoms with Gasteiger partial charge in [0.15, 0.2) is 49.8 Å². The Morgan fingerprint density at radius 3 is 1.27 bits per heavy atom. The molecule has 0 saturated carbocycles. The zero-order chi connectivity index (χ0) is 59.1. The summed E-state index contributed by atoms with van der Waals surface area (Å²) < 4.78 is 235. The molecular weight excluding hydrogens is 1200 g/mol. The van der Waals surface area contributed by atoms with Crippen molar-refractivity contribution < 1.29 is 184 Å². The Bertz CT molecular complexity index is 2660. The molecule has 0 radical (unpaired) electrons. The van der Waals surface area contributed by atoms with E-state index in [1.54, 1.807) is 0 Å². The van der Waals surface area contributed by atoms with E-state index in [1.165, 1.54) is 0 Å². The van der Waals surface area contributed by atoms with Crippen LogP contribution in [0.5, 0.6) is 0 Å². The molecule has 78 heavy (non-hydrogen) atoms. The van der Waals surface area contributed by atoms with E-state index in [2.05, 4.69) is 20.9 Å². The van der Waals surface area contributed by atoms with Gasteiger partial charge in [-0.05, 0) is 0 Å². The fourth-order valence-corrected chi connectivity index (χ4v) is 10.2. The van der Waals surface area contributed by atoms with E-state index in [4.69, 9.17) is 64.4 Å². The first-order chi connectivity index (χ1) is 35.6. The number of rotatable bonds is 23. The average molecular weight is 1250 g/mol. The number of hydrogen-bond donors (Lipinski definition) is 17. The first-order valence-corrected chi connectivity index (χ1v) is 28.0. The highest BCUT2D eigenvalue weighted by molar-refractivity contribution is 7.81. The van der Waals surface area contributed by atoms with Crippen molar-refractivity contribution >= 4 is 63.9 Å². The molecule has 5 aliphatic rings. The van der Waals surface area contributed by atoms with Gasteiger partial charge in [0.25, 0.3) is 0 Å². The minimum atomic E-state index is -5.96. The van der Waals surface area contributed by atoms with Crippen LogP contribution in [0.25, 0.3) is 0 Å². The van der Waals surface area contributed by atoms with Crippen LogP contribution in [0.4, 0.5) is 0 Å². The van der Waals surface area contributed by atoms with Crippen molar-refractivity contribution in [3.63, 3.8) is 0 Å². The molecular formula is C30H51N3O40S5. The lowest BCUT2D eigenvalue weighted by atomic mass is 9.94. The predicted molar refractivity (Wildman–Crippen MR) is 226 cm³/mol. The normalized spacial score (nSPS) is 42.5. The summed E-state index contributed by atoms with van der Waals surface area (Å²) in [5, 5.41) is 95.3. The number of nitrogens with two attached hydrogens (primary N) is 3. The molecule has 5 heterocycles. The van der Waals surface area contributed by atoms with Gasteiger partial charge in [-0.25, -0.2) is 30.5 Å². The monoisotopic (exact) mass is 1250 g/mol. The maximum Gasteiger partial charge on any atom is 0.397 e. The molecule has 25 atom stereocenters. The second kappa shape index (κ2) is 25.6. The summed E-state index contributed by atoms with van der Waals surface area (Å²) >= 11 is 0. The van der Waals surface area contributed by atoms with Crippen LogP contribution in [0.2, 0.25) is 0 Å². The van der Waals surface area contributed by atoms with Crippen LogP contribution in [-0.4, -0.2) is 296 Å². The van der Waals surface area contributed by atoms with Gasteiger partial charge in [-0.3, -0.25) is 22.8 Å². The lowest BCUT2D eigenvalue weighted by Gasteiger charge is -2.50. The topological polar surface area (TPSA) is 695 Å². The van der Waals surface area contributed by atoms with Gasteiger partial charge in [0, 0.05) is 0 Å². The smallest absolute Gasteiger partial charge is 0.397 e. The highest BCUT2D eigenvalue weighted by Crippen LogP contribution is 2.38. The van der Waals surface area contributed by atoms with Crippen LogP contribution in [0, 0.1) is 0 Å². The summed E-state index contributed by atoms with van der Waals surface area (Å²) in [5.74, 6) is -4.41. The van der Waals surface area contributed by atoms with Crippen molar-refractivity contribution in [2.75, 3.05) is 19.8 Å². The Kier molecular flexibility index (Phi) is 21.7. The molecule has 5 fully saturated rings. The molecule has 0 bridgehead atoms. The van der Waals surface area contributed by atoms with E-state index < -0.39 is 237 Å². The Balaban J connectivity index is 1.48. The van der Waals surface area contributed by atoms with E-state index in [-0.39, 0.29) is 0 Å². The van der Waals surface area contributed by atoms with E-state index in [1.807, 2.05) is 0 Å². The van der Waals surface area contributed by atoms with Gasteiger partial charge in [-0.1, -0.05) is 0 Å². The van der Waals surface area contributed by atoms with E-state index in [0.717, 1.165) is 0 Å². The lowest BCUT2D eigenvalue weighted by Crippen LogP contribution is -2.70. The van der Waals surface area contributed by atoms with Crippen molar-refractivity contribution in [1.29, 1.82) is 0 Å². The van der Waals surface area contributed by atoms with Crippen LogP contribution in [-0.2, 0) is 125 Å². The largest absolute Gasteiger partial charge is 0.479 e. The standard InChI is InChI=1S/C30H51N3O40S5/c31-7-11(36)10(35)5(2-60-74(45,46)47)63-27(7)67-19-12(37)13(38)29(69-22(19)24(40)41)65-16-6(3-61-75(48,49)50)64-28(9(33)18(16)72-77(54,55)56)68-20-14(39)21(73-78(57,58)59)30(70-23(20)25(42)43)66-15-4(1-34)62-26(44)8(32)17(15)71-76(51,52)53/h4-23,26-30,34-39,44H,1-3,31-33H2,(H,40,41)(H,42,43)(H,45,46,47)(H,48,49,50)(H,51,52,53)(H,54,55,56)(H,57,58,59)/t4-,5-,6-,7-,8-,9-,10-,11-,12-,13-,14+,15-,16-,17-,18-,19+,20+,21-,22+,23-,26+,27-,28-,29-,30-/m1/s1. The molecule has 0 aliphatic carbocycles. The van der Waals surface area contributed by atoms with Crippen LogP contribution in [0.15, 0.2) is 0 Å². The Hall–Kier alpha value is -2.47. The van der Waals surface area contributed by atoms with Gasteiger partial charge in [0.05, 0.1) is 37.9 Å². The summed E-state index contributed by atoms with van der Waals surface area (Å²) in [6.07, 6.45) is -55.5. The average Bonchev–Trinajstić information content (AvgIpc) is 3.29. The Morgan fingerprint density at radius 2 is 0.795 bits per heavy atom. The molecule has 0 aromatic carbocycles. The molecule has 0 unspecified atom stereocenters. The van der Waals surface area contributed by atoms with Crippen molar-refractivity contribution in [2.45, 2.75) is 153 Å². The van der Waals surface area contributed by atoms with Gasteiger partial charge in [-0.2, -0.15) is 42.1 Å². The van der Waals surface area contributed by atoms with Gasteiger partial charge in [0.2, 0.25) is 0 Å². The number of hydrogen-bond acceptors (Lipinski definition) is 36. The predicted octanol–water partition coefficient (Wildman–Crippen LogP) is -12.7. The summed E-state index contributed by atoms with van der Waals surface area (Å²) in [6, 6.07) is -6.54. The fourth-order valence-electron chi connectivity index (χ4n) is 8.09. The Morgan fingerprint density at radius 1 is 0.397 bits per heavy atom. The maximum atomic E-state index is 12.8. The molecule has 0 amide bonds. The van der Waals surface area contributed by atoms with Crippen LogP contribution >= 0.6 is 0 Å². The lowest BCUT2D eigenvalue weighted by molar-refractivity contribution is -0.371. The van der Waals surface area contributed by atoms with Gasteiger partial charge in [-0.15, -0.1) is 0 Å². The summed E-state index contributed by atoms with van der Waals surface area (Å²) in [7, 11) is -28.4. The van der Waals surface area contributed by atoms with Crippen molar-refractivity contribution in [3.8, 4) is 0 Å². The molecule has 43 nitrogen and oxygen atoms in total. The number of carboxylic acid groups (broad SMARTS) is 2. The van der Waals surface area contributed by atoms with Crippen LogP contribution < -0.4 is 17.2 Å². The fraction of sp³-hybridized carbons (Fsp3) is 0.933. The van der Waals surface area contributed by atoms with Crippen molar-refractivity contribution in [1.82, 2.24) is 0 Å². The Labute approximate surface area is 437 Å². The second-order valence-electron chi connectivity index (χ2n) is 16.8. The van der Waals surface area contributed by atoms with Gasteiger partial charge < -0.3 is 106 Å². The van der Waals surface area contributed by atoms with Crippen molar-refractivity contribution in [2.24, 2.45) is 17.2 Å². The van der Waals surface area contributed by atoms with Crippen molar-refractivity contribution in [3.05, 3.63) is 0 Å². The molecule has 456 valence electrons. The third kappa shape index (κ3) is 17.1. The first-order valence-electron chi connectivity index (χ1n) is 21.1. The SMILES string of the molecule is N[C@@H]1[C@@H](OS(=O)(=O)O)[C@H](O[C@@H]2O[C@@H](C(=O)O)[C@@H](O[C@H]3O[C@H](COS(=O)(=O)O)[C@@H](O[C@@H]4O[C@H](C(=O)O)[C@@H](O[C@H]5O[C@H](COS(=O)(=O)O)[C@@H](O)[C@H](O)[C@H]5N)[C@H](O)[C@H]4O)[C@H](OS(=O)(=O)O)[C@H]3N)[C@H](O)[C@H]2OS(=O)(=O)O)[C@@H](CO)O[C@@H]1O. The zero-order valence-electron chi connectivity index (χ0n) is 38.2. The third-order valence-electron chi connectivity index (χ3n) is 11.5. The number of aliphatic carboxylic acids is 2. The minimum absolute atomic E-state index is 1.25. The highest BCUT2D eigenvalue weighted by Gasteiger charge is 2.60. The first kappa shape index (κ1) is 66.3. The number of carboxylic acids is 2. The molecule has 5 aliphatic heterocycles. The summed E-state index contributed by atoms with van der Waals surface area (Å²) in [4.78, 5) is 25.3. The zero-order valence-corrected chi connectivity index (χ0v) is 42.3. The molecule has 48 heteroatoms. The third-order valence-corrected chi connectivity index (χ3v) is 13.8. The highest BCUT2D eigenvalue weighted by atomic mass is 32.3. The molecule has 5 rings (SSSR count). The molecule has 0 spiro atoms. The molecule has 20 N–H and O–H groups in total. The molecule has 0 aromatic rings. The summed E-state index contributed by atoms with van der Waals surface area (Å²) in [5.41, 5.74) is 17.7. The molecule has 0 aromatic heterocycles. The summed E-state index contributed by atoms with van der Waals surface area (Å²) in [6.45, 7) is -4.25. The quantitative estimate of drug-likeness (QED) is 0.0422. The van der Waals surface area contributed by atoms with E-state index in [0.29, 0.717) is 0 Å². The number of ether oxygens (including phenoxy) is 9. The molecule has 5 saturated heterocycles. The minimum Gasteiger partial charge on any atom is -0.479 e. The van der Waals surface area contributed by atoms with Crippen LogP contribution in [0.3, 0.4) is 0 Å².